The molecule has 4 rings (SSSR count). The van der Waals surface area contributed by atoms with E-state index in [1.807, 2.05) is 13.8 Å². The van der Waals surface area contributed by atoms with Gasteiger partial charge in [0.05, 0.1) is 30.8 Å². The van der Waals surface area contributed by atoms with E-state index in [4.69, 9.17) is 14.2 Å². The molecule has 5 nitrogen and oxygen atoms in total. The van der Waals surface area contributed by atoms with Crippen molar-refractivity contribution in [2.75, 3.05) is 13.2 Å². The van der Waals surface area contributed by atoms with Crippen LogP contribution in [0.4, 0.5) is 0 Å². The van der Waals surface area contributed by atoms with Crippen LogP contribution in [0.15, 0.2) is 23.0 Å². The Morgan fingerprint density at radius 1 is 1.24 bits per heavy atom. The number of rotatable bonds is 2. The molecule has 3 aliphatic heterocycles. The van der Waals surface area contributed by atoms with Crippen LogP contribution in [0.1, 0.15) is 26.7 Å². The van der Waals surface area contributed by atoms with Crippen LogP contribution in [0.5, 0.6) is 0 Å². The van der Waals surface area contributed by atoms with Crippen molar-refractivity contribution in [1.29, 1.82) is 0 Å². The third kappa shape index (κ3) is 1.78. The Balaban J connectivity index is 1.85. The topological polar surface area (TPSA) is 74.8 Å². The summed E-state index contributed by atoms with van der Waals surface area (Å²) in [6.45, 7) is 5.07. The van der Waals surface area contributed by atoms with E-state index in [0.29, 0.717) is 31.8 Å². The quantitative estimate of drug-likeness (QED) is 0.754. The highest BCUT2D eigenvalue weighted by molar-refractivity contribution is 5.46. The zero-order valence-electron chi connectivity index (χ0n) is 12.4. The van der Waals surface area contributed by atoms with Crippen molar-refractivity contribution < 1.29 is 24.4 Å². The van der Waals surface area contributed by atoms with Gasteiger partial charge in [-0.3, -0.25) is 0 Å². The Hall–Kier alpha value is -0.880. The Kier molecular flexibility index (Phi) is 2.99. The number of epoxide rings is 2. The minimum absolute atomic E-state index is 0.00557. The lowest BCUT2D eigenvalue weighted by Gasteiger charge is -2.40. The largest absolute Gasteiger partial charge is 0.508 e. The van der Waals surface area contributed by atoms with Crippen molar-refractivity contribution in [3.63, 3.8) is 0 Å². The Labute approximate surface area is 124 Å². The van der Waals surface area contributed by atoms with Crippen LogP contribution in [0.2, 0.25) is 0 Å². The summed E-state index contributed by atoms with van der Waals surface area (Å²) in [6.07, 6.45) is 2.28. The Morgan fingerprint density at radius 2 is 2.00 bits per heavy atom. The first kappa shape index (κ1) is 13.8. The van der Waals surface area contributed by atoms with Crippen molar-refractivity contribution in [3.8, 4) is 0 Å². The second kappa shape index (κ2) is 4.56. The molecule has 0 aromatic carbocycles. The van der Waals surface area contributed by atoms with E-state index in [0.717, 1.165) is 11.1 Å². The summed E-state index contributed by atoms with van der Waals surface area (Å²) in [4.78, 5) is 0. The van der Waals surface area contributed by atoms with Gasteiger partial charge in [-0.1, -0.05) is 13.8 Å². The number of allylic oxidation sites excluding steroid dienone is 1. The number of hydrogen-bond acceptors (Lipinski definition) is 5. The predicted molar refractivity (Wildman–Crippen MR) is 74.9 cm³/mol. The first-order valence-electron chi connectivity index (χ1n) is 7.84. The fourth-order valence-electron chi connectivity index (χ4n) is 4.12. The van der Waals surface area contributed by atoms with Crippen LogP contribution < -0.4 is 0 Å². The van der Waals surface area contributed by atoms with Crippen molar-refractivity contribution in [2.45, 2.75) is 57.2 Å². The van der Waals surface area contributed by atoms with Crippen LogP contribution in [0.25, 0.3) is 0 Å². The third-order valence-electron chi connectivity index (χ3n) is 5.43. The van der Waals surface area contributed by atoms with Crippen LogP contribution in [0, 0.1) is 5.41 Å². The molecule has 6 atom stereocenters. The monoisotopic (exact) mass is 294 g/mol. The van der Waals surface area contributed by atoms with Gasteiger partial charge in [0.1, 0.15) is 24.1 Å². The summed E-state index contributed by atoms with van der Waals surface area (Å²) in [7, 11) is 0. The maximum Gasteiger partial charge on any atom is 0.121 e. The molecule has 116 valence electrons. The number of fused-ring (bicyclic) bond motifs is 5. The molecule has 0 radical (unpaired) electrons. The normalized spacial score (nSPS) is 48.1. The van der Waals surface area contributed by atoms with Gasteiger partial charge in [0.2, 0.25) is 0 Å². The molecule has 0 amide bonds. The zero-order chi connectivity index (χ0) is 14.8. The van der Waals surface area contributed by atoms with Gasteiger partial charge < -0.3 is 24.4 Å². The molecule has 21 heavy (non-hydrogen) atoms. The minimum atomic E-state index is -0.652. The van der Waals surface area contributed by atoms with Gasteiger partial charge in [0.25, 0.3) is 0 Å². The lowest BCUT2D eigenvalue weighted by molar-refractivity contribution is 0.0473. The van der Waals surface area contributed by atoms with Crippen LogP contribution in [0.3, 0.4) is 0 Å². The summed E-state index contributed by atoms with van der Waals surface area (Å²) >= 11 is 0. The summed E-state index contributed by atoms with van der Waals surface area (Å²) in [5.41, 5.74) is 1.05. The van der Waals surface area contributed by atoms with Gasteiger partial charge in [-0.15, -0.1) is 0 Å². The molecule has 0 bridgehead atoms. The van der Waals surface area contributed by atoms with Gasteiger partial charge in [-0.25, -0.2) is 0 Å². The fourth-order valence-corrected chi connectivity index (χ4v) is 4.12. The van der Waals surface area contributed by atoms with Crippen LogP contribution >= 0.6 is 0 Å². The predicted octanol–water partition coefficient (Wildman–Crippen LogP) is 1.47. The molecule has 6 unspecified atom stereocenters. The lowest BCUT2D eigenvalue weighted by Crippen LogP contribution is -2.46. The highest BCUT2D eigenvalue weighted by Gasteiger charge is 2.65. The van der Waals surface area contributed by atoms with Gasteiger partial charge >= 0.3 is 0 Å². The fraction of sp³-hybridized carbons (Fsp3) is 0.750. The molecule has 1 aliphatic carbocycles. The van der Waals surface area contributed by atoms with E-state index in [1.165, 1.54) is 0 Å². The molecule has 0 aromatic rings. The van der Waals surface area contributed by atoms with Crippen LogP contribution in [-0.2, 0) is 14.2 Å². The van der Waals surface area contributed by atoms with E-state index in [9.17, 15) is 10.2 Å². The van der Waals surface area contributed by atoms with Crippen molar-refractivity contribution in [3.05, 3.63) is 23.0 Å². The number of aliphatic hydroxyl groups excluding tert-OH is 2. The molecule has 3 saturated heterocycles. The number of ether oxygens (including phenoxy) is 3. The third-order valence-corrected chi connectivity index (χ3v) is 5.43. The highest BCUT2D eigenvalue weighted by atomic mass is 16.6. The Bertz CT molecular complexity index is 525. The lowest BCUT2D eigenvalue weighted by atomic mass is 9.64. The maximum atomic E-state index is 10.8. The van der Waals surface area contributed by atoms with Crippen LogP contribution in [-0.4, -0.2) is 53.9 Å². The van der Waals surface area contributed by atoms with Gasteiger partial charge in [0, 0.05) is 5.57 Å². The zero-order valence-corrected chi connectivity index (χ0v) is 12.4. The van der Waals surface area contributed by atoms with E-state index in [-0.39, 0.29) is 24.4 Å². The molecule has 0 spiro atoms. The SMILES string of the molecule is CCC1=CC(O)C2(CC)C(=C1O)C1OC1COCC1OC12. The molecular formula is C16H22O5. The number of aliphatic hydroxyl groups is 2. The number of hydrogen-bond donors (Lipinski definition) is 2. The summed E-state index contributed by atoms with van der Waals surface area (Å²) < 4.78 is 17.2. The molecule has 2 N–H and O–H groups in total. The molecule has 0 saturated carbocycles. The molecule has 4 aliphatic rings. The second-order valence-electron chi connectivity index (χ2n) is 6.37. The average Bonchev–Trinajstić information content (AvgIpc) is 3.38. The highest BCUT2D eigenvalue weighted by Crippen LogP contribution is 2.57. The average molecular weight is 294 g/mol. The van der Waals surface area contributed by atoms with Crippen molar-refractivity contribution >= 4 is 0 Å². The summed E-state index contributed by atoms with van der Waals surface area (Å²) in [5.74, 6) is 0.299. The first-order chi connectivity index (χ1) is 10.1. The molecule has 5 heteroatoms. The minimum Gasteiger partial charge on any atom is -0.508 e. The van der Waals surface area contributed by atoms with E-state index < -0.39 is 11.5 Å². The van der Waals surface area contributed by atoms with E-state index in [2.05, 4.69) is 0 Å². The smallest absolute Gasteiger partial charge is 0.121 e. The van der Waals surface area contributed by atoms with Crippen molar-refractivity contribution in [1.82, 2.24) is 0 Å². The second-order valence-corrected chi connectivity index (χ2v) is 6.37. The van der Waals surface area contributed by atoms with E-state index in [1.54, 1.807) is 6.08 Å². The molecule has 0 aromatic heterocycles. The van der Waals surface area contributed by atoms with Gasteiger partial charge in [0.15, 0.2) is 0 Å². The first-order valence-corrected chi connectivity index (χ1v) is 7.84. The summed E-state index contributed by atoms with van der Waals surface area (Å²) in [6, 6.07) is 0. The van der Waals surface area contributed by atoms with Gasteiger partial charge in [-0.05, 0) is 24.5 Å². The van der Waals surface area contributed by atoms with E-state index >= 15 is 0 Å². The van der Waals surface area contributed by atoms with Crippen molar-refractivity contribution in [2.24, 2.45) is 5.41 Å². The molecular weight excluding hydrogens is 272 g/mol. The standard InChI is InChI=1S/C16H22O5/c1-3-8-5-11(17)16(4-2)12(13(8)18)14-9(20-14)6-19-7-10-15(16)21-10/h5,9-11,14-15,17-18H,3-4,6-7H2,1-2H3. The van der Waals surface area contributed by atoms with Gasteiger partial charge in [-0.2, -0.15) is 0 Å². The molecule has 3 fully saturated rings. The molecule has 3 heterocycles. The maximum absolute atomic E-state index is 10.8. The Morgan fingerprint density at radius 3 is 2.71 bits per heavy atom. The summed E-state index contributed by atoms with van der Waals surface area (Å²) in [5, 5.41) is 21.6.